The number of rotatable bonds is 4. The molecule has 1 aromatic carbocycles. The largest absolute Gasteiger partial charge is 0.358 e. The number of likely N-dealkylation sites (N-methyl/N-ethyl adjacent to an activating group) is 1. The van der Waals surface area contributed by atoms with Crippen LogP contribution >= 0.6 is 0 Å². The van der Waals surface area contributed by atoms with Gasteiger partial charge in [0.15, 0.2) is 0 Å². The van der Waals surface area contributed by atoms with Gasteiger partial charge in [-0.25, -0.2) is 0 Å². The quantitative estimate of drug-likeness (QED) is 0.845. The van der Waals surface area contributed by atoms with Gasteiger partial charge in [0.1, 0.15) is 0 Å². The van der Waals surface area contributed by atoms with Gasteiger partial charge in [-0.3, -0.25) is 19.3 Å². The minimum atomic E-state index is -0.499. The second-order valence-electron chi connectivity index (χ2n) is 7.53. The van der Waals surface area contributed by atoms with E-state index in [1.54, 1.807) is 36.2 Å². The molecule has 1 fully saturated rings. The van der Waals surface area contributed by atoms with Gasteiger partial charge in [-0.1, -0.05) is 26.8 Å². The summed E-state index contributed by atoms with van der Waals surface area (Å²) in [6.07, 6.45) is 0. The van der Waals surface area contributed by atoms with Crippen LogP contribution in [0.3, 0.4) is 0 Å². The maximum absolute atomic E-state index is 12.7. The Morgan fingerprint density at radius 1 is 1.08 bits per heavy atom. The van der Waals surface area contributed by atoms with E-state index in [0.29, 0.717) is 44.0 Å². The van der Waals surface area contributed by atoms with E-state index in [0.717, 1.165) is 0 Å². The van der Waals surface area contributed by atoms with Crippen molar-refractivity contribution in [2.24, 2.45) is 5.41 Å². The van der Waals surface area contributed by atoms with Crippen molar-refractivity contribution in [1.82, 2.24) is 15.1 Å². The molecular weight excluding hydrogens is 332 g/mol. The molecule has 1 aliphatic heterocycles. The van der Waals surface area contributed by atoms with E-state index in [1.165, 1.54) is 0 Å². The van der Waals surface area contributed by atoms with Gasteiger partial charge in [-0.15, -0.1) is 0 Å². The Labute approximate surface area is 154 Å². The molecule has 7 heteroatoms. The fourth-order valence-corrected chi connectivity index (χ4v) is 2.62. The van der Waals surface area contributed by atoms with E-state index in [1.807, 2.05) is 25.7 Å². The molecule has 1 saturated heterocycles. The smallest absolute Gasteiger partial charge is 0.254 e. The number of hydrogen-bond acceptors (Lipinski definition) is 4. The van der Waals surface area contributed by atoms with Gasteiger partial charge in [0.25, 0.3) is 5.91 Å². The normalized spacial score (nSPS) is 15.5. The minimum Gasteiger partial charge on any atom is -0.358 e. The van der Waals surface area contributed by atoms with Crippen LogP contribution in [0.4, 0.5) is 5.69 Å². The summed E-state index contributed by atoms with van der Waals surface area (Å²) in [4.78, 5) is 40.1. The van der Waals surface area contributed by atoms with E-state index in [2.05, 4.69) is 10.6 Å². The third kappa shape index (κ3) is 5.29. The average Bonchev–Trinajstić information content (AvgIpc) is 2.61. The first-order valence-corrected chi connectivity index (χ1v) is 8.84. The summed E-state index contributed by atoms with van der Waals surface area (Å²) in [5.41, 5.74) is 0.673. The molecule has 1 aliphatic rings. The average molecular weight is 360 g/mol. The molecule has 0 unspecified atom stereocenters. The lowest BCUT2D eigenvalue weighted by molar-refractivity contribution is -0.123. The molecule has 26 heavy (non-hydrogen) atoms. The predicted octanol–water partition coefficient (Wildman–Crippen LogP) is 1.18. The maximum Gasteiger partial charge on any atom is 0.254 e. The van der Waals surface area contributed by atoms with Crippen molar-refractivity contribution in [2.45, 2.75) is 20.8 Å². The van der Waals surface area contributed by atoms with Crippen LogP contribution in [-0.4, -0.2) is 67.3 Å². The van der Waals surface area contributed by atoms with E-state index in [4.69, 9.17) is 0 Å². The van der Waals surface area contributed by atoms with E-state index >= 15 is 0 Å². The van der Waals surface area contributed by atoms with Crippen molar-refractivity contribution in [3.05, 3.63) is 29.8 Å². The molecular formula is C19H28N4O3. The first-order valence-electron chi connectivity index (χ1n) is 8.84. The van der Waals surface area contributed by atoms with Crippen molar-refractivity contribution in [2.75, 3.05) is 45.1 Å². The number of nitrogens with one attached hydrogen (secondary N) is 2. The zero-order valence-electron chi connectivity index (χ0n) is 16.0. The first-order chi connectivity index (χ1) is 12.2. The van der Waals surface area contributed by atoms with Gasteiger partial charge in [0.05, 0.1) is 6.54 Å². The predicted molar refractivity (Wildman–Crippen MR) is 101 cm³/mol. The first kappa shape index (κ1) is 19.9. The Morgan fingerprint density at radius 2 is 1.73 bits per heavy atom. The summed E-state index contributed by atoms with van der Waals surface area (Å²) >= 11 is 0. The van der Waals surface area contributed by atoms with Gasteiger partial charge < -0.3 is 15.5 Å². The number of hydrogen-bond donors (Lipinski definition) is 2. The van der Waals surface area contributed by atoms with Gasteiger partial charge in [-0.2, -0.15) is 0 Å². The molecule has 0 radical (unpaired) electrons. The van der Waals surface area contributed by atoms with Crippen molar-refractivity contribution in [3.8, 4) is 0 Å². The molecule has 142 valence electrons. The molecule has 1 aromatic rings. The SMILES string of the molecule is CNC(=O)CN1CCN(C(=O)c2cccc(NC(=O)C(C)(C)C)c2)CC1. The number of carbonyl (C=O) groups is 3. The molecule has 1 heterocycles. The maximum atomic E-state index is 12.7. The summed E-state index contributed by atoms with van der Waals surface area (Å²) in [5, 5.41) is 5.46. The number of amides is 3. The zero-order valence-corrected chi connectivity index (χ0v) is 16.0. The summed E-state index contributed by atoms with van der Waals surface area (Å²) in [6.45, 7) is 8.37. The highest BCUT2D eigenvalue weighted by atomic mass is 16.2. The number of anilines is 1. The Morgan fingerprint density at radius 3 is 2.31 bits per heavy atom. The number of benzene rings is 1. The lowest BCUT2D eigenvalue weighted by atomic mass is 9.95. The second kappa shape index (κ2) is 8.31. The highest BCUT2D eigenvalue weighted by Crippen LogP contribution is 2.19. The molecule has 0 aromatic heterocycles. The highest BCUT2D eigenvalue weighted by molar-refractivity contribution is 5.98. The third-order valence-corrected chi connectivity index (χ3v) is 4.35. The monoisotopic (exact) mass is 360 g/mol. The van der Waals surface area contributed by atoms with E-state index in [-0.39, 0.29) is 17.7 Å². The fraction of sp³-hybridized carbons (Fsp3) is 0.526. The number of carbonyl (C=O) groups excluding carboxylic acids is 3. The van der Waals surface area contributed by atoms with Crippen molar-refractivity contribution in [1.29, 1.82) is 0 Å². The van der Waals surface area contributed by atoms with Crippen molar-refractivity contribution >= 4 is 23.4 Å². The molecule has 0 atom stereocenters. The van der Waals surface area contributed by atoms with Crippen LogP contribution in [0.25, 0.3) is 0 Å². The van der Waals surface area contributed by atoms with Gasteiger partial charge in [-0.05, 0) is 18.2 Å². The topological polar surface area (TPSA) is 81.8 Å². The van der Waals surface area contributed by atoms with Crippen LogP contribution in [0, 0.1) is 5.41 Å². The van der Waals surface area contributed by atoms with Gasteiger partial charge in [0, 0.05) is 49.9 Å². The summed E-state index contributed by atoms with van der Waals surface area (Å²) in [7, 11) is 1.62. The lowest BCUT2D eigenvalue weighted by Crippen LogP contribution is -2.50. The molecule has 0 aliphatic carbocycles. The number of piperazine rings is 1. The Bertz CT molecular complexity index is 674. The Balaban J connectivity index is 1.97. The van der Waals surface area contributed by atoms with Crippen LogP contribution in [0.2, 0.25) is 0 Å². The summed E-state index contributed by atoms with van der Waals surface area (Å²) < 4.78 is 0. The zero-order chi connectivity index (χ0) is 19.3. The molecule has 2 rings (SSSR count). The number of nitrogens with zero attached hydrogens (tertiary/aromatic N) is 2. The second-order valence-corrected chi connectivity index (χ2v) is 7.53. The van der Waals surface area contributed by atoms with E-state index in [9.17, 15) is 14.4 Å². The van der Waals surface area contributed by atoms with Gasteiger partial charge in [0.2, 0.25) is 11.8 Å². The highest BCUT2D eigenvalue weighted by Gasteiger charge is 2.24. The molecule has 3 amide bonds. The summed E-state index contributed by atoms with van der Waals surface area (Å²) in [6, 6.07) is 7.02. The Hall–Kier alpha value is -2.41. The van der Waals surface area contributed by atoms with Gasteiger partial charge >= 0.3 is 0 Å². The summed E-state index contributed by atoms with van der Waals surface area (Å²) in [5.74, 6) is -0.173. The standard InChI is InChI=1S/C19H28N4O3/c1-19(2,3)18(26)21-15-7-5-6-14(12-15)17(25)23-10-8-22(9-11-23)13-16(24)20-4/h5-7,12H,8-11,13H2,1-4H3,(H,20,24)(H,21,26). The molecule has 2 N–H and O–H groups in total. The van der Waals surface area contributed by atoms with E-state index < -0.39 is 5.41 Å². The third-order valence-electron chi connectivity index (χ3n) is 4.35. The van der Waals surface area contributed by atoms with Crippen molar-refractivity contribution in [3.63, 3.8) is 0 Å². The van der Waals surface area contributed by atoms with Crippen LogP contribution in [0.15, 0.2) is 24.3 Å². The lowest BCUT2D eigenvalue weighted by Gasteiger charge is -2.34. The van der Waals surface area contributed by atoms with Crippen LogP contribution in [0.1, 0.15) is 31.1 Å². The molecule has 7 nitrogen and oxygen atoms in total. The van der Waals surface area contributed by atoms with Crippen molar-refractivity contribution < 1.29 is 14.4 Å². The van der Waals surface area contributed by atoms with Crippen LogP contribution in [-0.2, 0) is 9.59 Å². The van der Waals surface area contributed by atoms with Crippen LogP contribution in [0.5, 0.6) is 0 Å². The van der Waals surface area contributed by atoms with Crippen LogP contribution < -0.4 is 10.6 Å². The fourth-order valence-electron chi connectivity index (χ4n) is 2.62. The Kier molecular flexibility index (Phi) is 6.37. The minimum absolute atomic E-state index is 0.0212. The molecule has 0 saturated carbocycles. The molecule has 0 spiro atoms. The molecule has 0 bridgehead atoms.